The zero-order valence-corrected chi connectivity index (χ0v) is 14.9. The predicted octanol–water partition coefficient (Wildman–Crippen LogP) is 2.92. The van der Waals surface area contributed by atoms with Crippen molar-refractivity contribution < 1.29 is 14.3 Å². The summed E-state index contributed by atoms with van der Waals surface area (Å²) in [5, 5.41) is 6.49. The smallest absolute Gasteiger partial charge is 0.267 e. The van der Waals surface area contributed by atoms with E-state index in [1.807, 2.05) is 18.2 Å². The Balaban J connectivity index is 1.77. The molecule has 1 aromatic heterocycles. The number of benzene rings is 1. The Morgan fingerprint density at radius 1 is 1.28 bits per heavy atom. The molecule has 134 valence electrons. The summed E-state index contributed by atoms with van der Waals surface area (Å²) in [6.07, 6.45) is 1.72. The summed E-state index contributed by atoms with van der Waals surface area (Å²) in [5.41, 5.74) is 2.09. The predicted molar refractivity (Wildman–Crippen MR) is 97.6 cm³/mol. The summed E-state index contributed by atoms with van der Waals surface area (Å²) in [7, 11) is 1.59. The molecule has 2 amide bonds. The number of aromatic nitrogens is 1. The fourth-order valence-corrected chi connectivity index (χ4v) is 3.44. The van der Waals surface area contributed by atoms with Gasteiger partial charge in [0.05, 0.1) is 12.0 Å². The van der Waals surface area contributed by atoms with E-state index in [4.69, 9.17) is 4.74 Å². The van der Waals surface area contributed by atoms with Gasteiger partial charge in [0.25, 0.3) is 5.91 Å². The van der Waals surface area contributed by atoms with Crippen LogP contribution in [-0.4, -0.2) is 36.6 Å². The molecule has 0 unspecified atom stereocenters. The highest BCUT2D eigenvalue weighted by molar-refractivity contribution is 6.00. The number of carbonyl (C=O) groups is 2. The summed E-state index contributed by atoms with van der Waals surface area (Å²) in [5.74, 6) is 0.0103. The van der Waals surface area contributed by atoms with Gasteiger partial charge in [-0.3, -0.25) is 9.59 Å². The highest BCUT2D eigenvalue weighted by Crippen LogP contribution is 2.28. The number of anilines is 1. The first-order valence-corrected chi connectivity index (χ1v) is 8.77. The van der Waals surface area contributed by atoms with E-state index in [9.17, 15) is 9.59 Å². The Kier molecular flexibility index (Phi) is 5.08. The quantitative estimate of drug-likeness (QED) is 0.798. The Morgan fingerprint density at radius 3 is 2.80 bits per heavy atom. The Labute approximate surface area is 147 Å². The fourth-order valence-electron chi connectivity index (χ4n) is 3.44. The third-order valence-corrected chi connectivity index (χ3v) is 4.72. The average molecular weight is 343 g/mol. The molecule has 0 saturated carbocycles. The Morgan fingerprint density at radius 2 is 2.08 bits per heavy atom. The van der Waals surface area contributed by atoms with Gasteiger partial charge in [-0.1, -0.05) is 13.8 Å². The van der Waals surface area contributed by atoms with Gasteiger partial charge in [0.1, 0.15) is 5.69 Å². The van der Waals surface area contributed by atoms with Gasteiger partial charge in [-0.05, 0) is 43.0 Å². The minimum atomic E-state index is -0.166. The Bertz CT molecular complexity index is 781. The zero-order chi connectivity index (χ0) is 18.0. The summed E-state index contributed by atoms with van der Waals surface area (Å²) < 4.78 is 5.81. The molecule has 2 aromatic rings. The lowest BCUT2D eigenvalue weighted by atomic mass is 9.86. The maximum atomic E-state index is 12.7. The summed E-state index contributed by atoms with van der Waals surface area (Å²) in [6, 6.07) is 7.38. The highest BCUT2D eigenvalue weighted by Gasteiger charge is 2.33. The molecule has 1 fully saturated rings. The molecule has 1 saturated heterocycles. The topological polar surface area (TPSA) is 83.2 Å². The van der Waals surface area contributed by atoms with E-state index in [0.29, 0.717) is 11.6 Å². The van der Waals surface area contributed by atoms with Crippen LogP contribution in [0.5, 0.6) is 0 Å². The van der Waals surface area contributed by atoms with Crippen LogP contribution in [0.1, 0.15) is 37.2 Å². The van der Waals surface area contributed by atoms with E-state index in [0.717, 1.165) is 36.0 Å². The second kappa shape index (κ2) is 7.27. The van der Waals surface area contributed by atoms with E-state index >= 15 is 0 Å². The van der Waals surface area contributed by atoms with Crippen LogP contribution in [0.4, 0.5) is 5.69 Å². The number of nitrogens with one attached hydrogen (secondary N) is 3. The van der Waals surface area contributed by atoms with Gasteiger partial charge in [0.2, 0.25) is 5.91 Å². The van der Waals surface area contributed by atoms with Crippen LogP contribution in [-0.2, 0) is 9.53 Å². The van der Waals surface area contributed by atoms with Gasteiger partial charge < -0.3 is 20.4 Å². The first-order valence-electron chi connectivity index (χ1n) is 8.77. The van der Waals surface area contributed by atoms with Crippen LogP contribution in [0, 0.1) is 11.8 Å². The highest BCUT2D eigenvalue weighted by atomic mass is 16.5. The van der Waals surface area contributed by atoms with Gasteiger partial charge in [-0.25, -0.2) is 0 Å². The molecule has 0 aliphatic carbocycles. The first kappa shape index (κ1) is 17.5. The van der Waals surface area contributed by atoms with Crippen molar-refractivity contribution in [3.63, 3.8) is 0 Å². The second-order valence-electron chi connectivity index (χ2n) is 6.88. The van der Waals surface area contributed by atoms with Crippen molar-refractivity contribution in [2.24, 2.45) is 11.8 Å². The SMILES string of the molecule is CNC(=O)c1cc2cc(NC(=O)[C@@H]3CCCO[C@@H]3C(C)C)ccc2[nH]1. The average Bonchev–Trinajstić information content (AvgIpc) is 3.04. The number of hydrogen-bond donors (Lipinski definition) is 3. The van der Waals surface area contributed by atoms with Crippen LogP contribution in [0.15, 0.2) is 24.3 Å². The molecule has 0 spiro atoms. The molecule has 2 heterocycles. The third kappa shape index (κ3) is 3.69. The van der Waals surface area contributed by atoms with Crippen molar-refractivity contribution in [2.75, 3.05) is 19.0 Å². The number of aromatic amines is 1. The molecular weight excluding hydrogens is 318 g/mol. The Hall–Kier alpha value is -2.34. The second-order valence-corrected chi connectivity index (χ2v) is 6.88. The minimum absolute atomic E-state index is 0.000176. The number of fused-ring (bicyclic) bond motifs is 1. The summed E-state index contributed by atoms with van der Waals surface area (Å²) in [6.45, 7) is 4.90. The van der Waals surface area contributed by atoms with Crippen LogP contribution < -0.4 is 10.6 Å². The largest absolute Gasteiger partial charge is 0.377 e. The number of carbonyl (C=O) groups excluding carboxylic acids is 2. The van der Waals surface area contributed by atoms with Gasteiger partial charge in [-0.2, -0.15) is 0 Å². The van der Waals surface area contributed by atoms with Gasteiger partial charge in [0, 0.05) is 30.2 Å². The molecular formula is C19H25N3O3. The summed E-state index contributed by atoms with van der Waals surface area (Å²) >= 11 is 0. The maximum absolute atomic E-state index is 12.7. The van der Waals surface area contributed by atoms with Crippen molar-refractivity contribution in [1.29, 1.82) is 0 Å². The number of amides is 2. The molecule has 1 aliphatic heterocycles. The number of ether oxygens (including phenoxy) is 1. The van der Waals surface area contributed by atoms with Crippen LogP contribution in [0.25, 0.3) is 10.9 Å². The number of H-pyrrole nitrogens is 1. The lowest BCUT2D eigenvalue weighted by Gasteiger charge is -2.33. The number of rotatable bonds is 4. The van der Waals surface area contributed by atoms with E-state index < -0.39 is 0 Å². The maximum Gasteiger partial charge on any atom is 0.267 e. The molecule has 0 bridgehead atoms. The first-order chi connectivity index (χ1) is 12.0. The molecule has 2 atom stereocenters. The van der Waals surface area contributed by atoms with Gasteiger partial charge in [-0.15, -0.1) is 0 Å². The monoisotopic (exact) mass is 343 g/mol. The van der Waals surface area contributed by atoms with Crippen LogP contribution >= 0.6 is 0 Å². The normalized spacial score (nSPS) is 20.6. The van der Waals surface area contributed by atoms with Crippen molar-refractivity contribution in [2.45, 2.75) is 32.8 Å². The molecule has 6 nitrogen and oxygen atoms in total. The lowest BCUT2D eigenvalue weighted by Crippen LogP contribution is -2.41. The van der Waals surface area contributed by atoms with Gasteiger partial charge in [0.15, 0.2) is 0 Å². The molecule has 6 heteroatoms. The van der Waals surface area contributed by atoms with E-state index in [-0.39, 0.29) is 23.8 Å². The molecule has 1 aliphatic rings. The molecule has 3 rings (SSSR count). The molecule has 3 N–H and O–H groups in total. The van der Waals surface area contributed by atoms with E-state index in [1.165, 1.54) is 0 Å². The minimum Gasteiger partial charge on any atom is -0.377 e. The summed E-state index contributed by atoms with van der Waals surface area (Å²) in [4.78, 5) is 27.5. The standard InChI is InChI=1S/C19H25N3O3/c1-11(2)17-14(5-4-8-25-17)18(23)21-13-6-7-15-12(9-13)10-16(22-15)19(24)20-3/h6-7,9-11,14,17,22H,4-5,8H2,1-3H3,(H,20,24)(H,21,23)/t14-,17-/m1/s1. The molecule has 0 radical (unpaired) electrons. The van der Waals surface area contributed by atoms with Crippen molar-refractivity contribution >= 4 is 28.4 Å². The van der Waals surface area contributed by atoms with Crippen molar-refractivity contribution in [3.8, 4) is 0 Å². The van der Waals surface area contributed by atoms with Crippen LogP contribution in [0.3, 0.4) is 0 Å². The zero-order valence-electron chi connectivity index (χ0n) is 14.9. The van der Waals surface area contributed by atoms with Crippen LogP contribution in [0.2, 0.25) is 0 Å². The van der Waals surface area contributed by atoms with Crippen molar-refractivity contribution in [1.82, 2.24) is 10.3 Å². The van der Waals surface area contributed by atoms with Gasteiger partial charge >= 0.3 is 0 Å². The van der Waals surface area contributed by atoms with E-state index in [2.05, 4.69) is 29.5 Å². The van der Waals surface area contributed by atoms with Crippen molar-refractivity contribution in [3.05, 3.63) is 30.0 Å². The number of hydrogen-bond acceptors (Lipinski definition) is 3. The molecule has 25 heavy (non-hydrogen) atoms. The third-order valence-electron chi connectivity index (χ3n) is 4.72. The van der Waals surface area contributed by atoms with E-state index in [1.54, 1.807) is 13.1 Å². The molecule has 1 aromatic carbocycles. The fraction of sp³-hybridized carbons (Fsp3) is 0.474. The lowest BCUT2D eigenvalue weighted by molar-refractivity contribution is -0.131.